The van der Waals surface area contributed by atoms with E-state index in [2.05, 4.69) is 41.7 Å². The van der Waals surface area contributed by atoms with Gasteiger partial charge in [0, 0.05) is 22.1 Å². The smallest absolute Gasteiger partial charge is 0.240 e. The Bertz CT molecular complexity index is 972. The third kappa shape index (κ3) is 7.58. The summed E-state index contributed by atoms with van der Waals surface area (Å²) in [7, 11) is 0. The lowest BCUT2D eigenvalue weighted by Crippen LogP contribution is -2.17. The molecular formula is C24H23ClN2O2S. The largest absolute Gasteiger partial charge is 0.489 e. The molecule has 0 saturated carbocycles. The minimum absolute atomic E-state index is 0.120. The van der Waals surface area contributed by atoms with Gasteiger partial charge in [-0.2, -0.15) is 5.10 Å². The number of ether oxygens (including phenoxy) is 1. The van der Waals surface area contributed by atoms with Crippen molar-refractivity contribution in [2.24, 2.45) is 5.10 Å². The molecule has 0 spiro atoms. The van der Waals surface area contributed by atoms with E-state index in [0.717, 1.165) is 21.8 Å². The van der Waals surface area contributed by atoms with E-state index in [1.807, 2.05) is 48.5 Å². The van der Waals surface area contributed by atoms with Gasteiger partial charge in [0.05, 0.1) is 6.21 Å². The van der Waals surface area contributed by atoms with E-state index in [9.17, 15) is 4.79 Å². The van der Waals surface area contributed by atoms with Crippen LogP contribution < -0.4 is 10.2 Å². The molecule has 4 nitrogen and oxygen atoms in total. The fourth-order valence-electron chi connectivity index (χ4n) is 2.53. The first-order valence-corrected chi connectivity index (χ1v) is 10.9. The van der Waals surface area contributed by atoms with Gasteiger partial charge in [-0.1, -0.05) is 41.4 Å². The van der Waals surface area contributed by atoms with Crippen molar-refractivity contribution in [1.82, 2.24) is 5.43 Å². The molecule has 0 atom stereocenters. The summed E-state index contributed by atoms with van der Waals surface area (Å²) in [4.78, 5) is 13.0. The van der Waals surface area contributed by atoms with Gasteiger partial charge in [-0.3, -0.25) is 4.79 Å². The zero-order chi connectivity index (χ0) is 21.2. The molecule has 0 aliphatic carbocycles. The minimum Gasteiger partial charge on any atom is -0.489 e. The van der Waals surface area contributed by atoms with Gasteiger partial charge in [0.2, 0.25) is 5.91 Å². The highest BCUT2D eigenvalue weighted by atomic mass is 35.5. The molecule has 0 fully saturated rings. The number of halogens is 1. The summed E-state index contributed by atoms with van der Waals surface area (Å²) in [6.45, 7) is 2.59. The molecule has 3 aromatic carbocycles. The van der Waals surface area contributed by atoms with Gasteiger partial charge >= 0.3 is 0 Å². The molecule has 30 heavy (non-hydrogen) atoms. The van der Waals surface area contributed by atoms with Crippen LogP contribution in [0.15, 0.2) is 82.8 Å². The van der Waals surface area contributed by atoms with Crippen LogP contribution in [0, 0.1) is 6.92 Å². The second kappa shape index (κ2) is 11.4. The SMILES string of the molecule is Cc1ccc(COc2ccc(C=NNC(=O)CCSc3ccc(Cl)cc3)cc2)cc1. The molecule has 0 radical (unpaired) electrons. The van der Waals surface area contributed by atoms with Crippen LogP contribution in [0.5, 0.6) is 5.75 Å². The number of nitrogens with one attached hydrogen (secondary N) is 1. The highest BCUT2D eigenvalue weighted by Crippen LogP contribution is 2.20. The first-order valence-electron chi connectivity index (χ1n) is 9.57. The number of thioether (sulfide) groups is 1. The average molecular weight is 439 g/mol. The van der Waals surface area contributed by atoms with Crippen LogP contribution in [0.4, 0.5) is 0 Å². The number of hydrogen-bond acceptors (Lipinski definition) is 4. The summed E-state index contributed by atoms with van der Waals surface area (Å²) >= 11 is 7.47. The lowest BCUT2D eigenvalue weighted by Gasteiger charge is -2.07. The number of hydrazone groups is 1. The normalized spacial score (nSPS) is 10.9. The quantitative estimate of drug-likeness (QED) is 0.258. The number of benzene rings is 3. The maximum atomic E-state index is 11.9. The van der Waals surface area contributed by atoms with Gasteiger partial charge in [-0.25, -0.2) is 5.43 Å². The highest BCUT2D eigenvalue weighted by Gasteiger charge is 2.01. The van der Waals surface area contributed by atoms with Crippen molar-refractivity contribution in [2.45, 2.75) is 24.8 Å². The van der Waals surface area contributed by atoms with Crippen LogP contribution in [0.2, 0.25) is 5.02 Å². The van der Waals surface area contributed by atoms with Gasteiger partial charge in [-0.15, -0.1) is 11.8 Å². The zero-order valence-electron chi connectivity index (χ0n) is 16.7. The zero-order valence-corrected chi connectivity index (χ0v) is 18.2. The summed E-state index contributed by atoms with van der Waals surface area (Å²) in [5.41, 5.74) is 5.80. The number of nitrogens with zero attached hydrogens (tertiary/aromatic N) is 1. The Morgan fingerprint density at radius 3 is 2.43 bits per heavy atom. The number of carbonyl (C=O) groups excluding carboxylic acids is 1. The molecule has 0 aliphatic heterocycles. The molecular weight excluding hydrogens is 416 g/mol. The number of aryl methyl sites for hydroxylation is 1. The Hall–Kier alpha value is -2.76. The number of carbonyl (C=O) groups is 1. The topological polar surface area (TPSA) is 50.7 Å². The predicted octanol–water partition coefficient (Wildman–Crippen LogP) is 5.86. The number of hydrogen-bond donors (Lipinski definition) is 1. The van der Waals surface area contributed by atoms with Crippen molar-refractivity contribution in [3.05, 3.63) is 94.5 Å². The molecule has 0 saturated heterocycles. The fraction of sp³-hybridized carbons (Fsp3) is 0.167. The maximum Gasteiger partial charge on any atom is 0.240 e. The molecule has 3 aromatic rings. The van der Waals surface area contributed by atoms with Crippen LogP contribution >= 0.6 is 23.4 Å². The minimum atomic E-state index is -0.120. The third-order valence-electron chi connectivity index (χ3n) is 4.22. The van der Waals surface area contributed by atoms with Crippen molar-refractivity contribution in [2.75, 3.05) is 5.75 Å². The van der Waals surface area contributed by atoms with E-state index < -0.39 is 0 Å². The van der Waals surface area contributed by atoms with Crippen molar-refractivity contribution < 1.29 is 9.53 Å². The second-order valence-corrected chi connectivity index (χ2v) is 8.29. The van der Waals surface area contributed by atoms with Crippen molar-refractivity contribution in [3.63, 3.8) is 0 Å². The van der Waals surface area contributed by atoms with Gasteiger partial charge in [0.15, 0.2) is 0 Å². The van der Waals surface area contributed by atoms with E-state index in [0.29, 0.717) is 23.8 Å². The molecule has 1 amide bonds. The summed E-state index contributed by atoms with van der Waals surface area (Å²) in [6.07, 6.45) is 2.00. The number of amides is 1. The summed E-state index contributed by atoms with van der Waals surface area (Å²) < 4.78 is 5.79. The first-order chi connectivity index (χ1) is 14.6. The van der Waals surface area contributed by atoms with E-state index in [4.69, 9.17) is 16.3 Å². The molecule has 1 N–H and O–H groups in total. The van der Waals surface area contributed by atoms with Gasteiger partial charge < -0.3 is 4.74 Å². The Labute approximate surface area is 186 Å². The van der Waals surface area contributed by atoms with Gasteiger partial charge in [0.25, 0.3) is 0 Å². The Balaban J connectivity index is 1.37. The predicted molar refractivity (Wildman–Crippen MR) is 124 cm³/mol. The monoisotopic (exact) mass is 438 g/mol. The van der Waals surface area contributed by atoms with Crippen LogP contribution in [0.25, 0.3) is 0 Å². The standard InChI is InChI=1S/C24H23ClN2O2S/c1-18-2-4-20(5-3-18)17-29-22-10-6-19(7-11-22)16-26-27-24(28)14-15-30-23-12-8-21(25)9-13-23/h2-13,16H,14-15,17H2,1H3,(H,27,28). The van der Waals surface area contributed by atoms with E-state index in [1.165, 1.54) is 5.56 Å². The third-order valence-corrected chi connectivity index (χ3v) is 5.49. The average Bonchev–Trinajstić information content (AvgIpc) is 2.76. The van der Waals surface area contributed by atoms with E-state index in [-0.39, 0.29) is 5.91 Å². The van der Waals surface area contributed by atoms with Crippen LogP contribution in [-0.2, 0) is 11.4 Å². The first kappa shape index (κ1) is 21.9. The second-order valence-electron chi connectivity index (χ2n) is 6.69. The maximum absolute atomic E-state index is 11.9. The summed E-state index contributed by atoms with van der Waals surface area (Å²) in [6, 6.07) is 23.4. The van der Waals surface area contributed by atoms with Crippen molar-refractivity contribution in [3.8, 4) is 5.75 Å². The molecule has 3 rings (SSSR count). The van der Waals surface area contributed by atoms with Crippen molar-refractivity contribution >= 4 is 35.5 Å². The fourth-order valence-corrected chi connectivity index (χ4v) is 3.51. The molecule has 154 valence electrons. The van der Waals surface area contributed by atoms with Crippen LogP contribution in [0.3, 0.4) is 0 Å². The van der Waals surface area contributed by atoms with Crippen molar-refractivity contribution in [1.29, 1.82) is 0 Å². The van der Waals surface area contributed by atoms with Crippen LogP contribution in [0.1, 0.15) is 23.1 Å². The van der Waals surface area contributed by atoms with Gasteiger partial charge in [-0.05, 0) is 66.6 Å². The molecule has 0 unspecified atom stereocenters. The summed E-state index contributed by atoms with van der Waals surface area (Å²) in [5, 5.41) is 4.72. The Morgan fingerprint density at radius 1 is 1.03 bits per heavy atom. The van der Waals surface area contributed by atoms with E-state index in [1.54, 1.807) is 18.0 Å². The number of rotatable bonds is 9. The highest BCUT2D eigenvalue weighted by molar-refractivity contribution is 7.99. The molecule has 0 aliphatic rings. The van der Waals surface area contributed by atoms with Gasteiger partial charge in [0.1, 0.15) is 12.4 Å². The Kier molecular flexibility index (Phi) is 8.36. The van der Waals surface area contributed by atoms with Crippen LogP contribution in [-0.4, -0.2) is 17.9 Å². The Morgan fingerprint density at radius 2 is 1.73 bits per heavy atom. The molecule has 0 aromatic heterocycles. The van der Waals surface area contributed by atoms with E-state index >= 15 is 0 Å². The molecule has 0 bridgehead atoms. The lowest BCUT2D eigenvalue weighted by molar-refractivity contribution is -0.120. The molecule has 0 heterocycles. The lowest BCUT2D eigenvalue weighted by atomic mass is 10.2. The molecule has 6 heteroatoms. The summed E-state index contributed by atoms with van der Waals surface area (Å²) in [5.74, 6) is 1.34.